The van der Waals surface area contributed by atoms with Crippen LogP contribution in [0.25, 0.3) is 0 Å². The molecule has 9 heteroatoms. The topological polar surface area (TPSA) is 108 Å². The summed E-state index contributed by atoms with van der Waals surface area (Å²) in [5.74, 6) is -1.46. The number of carboxylic acids is 1. The molecule has 2 amide bonds. The number of ether oxygens (including phenoxy) is 1. The molecule has 6 rings (SSSR count). The molecule has 2 unspecified atom stereocenters. The first kappa shape index (κ1) is 28.8. The Kier molecular flexibility index (Phi) is 8.15. The van der Waals surface area contributed by atoms with Gasteiger partial charge in [0.1, 0.15) is 5.83 Å². The van der Waals surface area contributed by atoms with E-state index in [4.69, 9.17) is 4.74 Å². The van der Waals surface area contributed by atoms with Crippen molar-refractivity contribution in [3.8, 4) is 0 Å². The minimum absolute atomic E-state index is 0.0832. The molecule has 2 saturated carbocycles. The Morgan fingerprint density at radius 2 is 1.81 bits per heavy atom. The van der Waals surface area contributed by atoms with Crippen LogP contribution in [-0.4, -0.2) is 46.4 Å². The van der Waals surface area contributed by atoms with Crippen LogP contribution >= 0.6 is 0 Å². The quantitative estimate of drug-likeness (QED) is 0.377. The van der Waals surface area contributed by atoms with Crippen molar-refractivity contribution in [3.63, 3.8) is 0 Å². The van der Waals surface area contributed by atoms with E-state index >= 15 is 0 Å². The van der Waals surface area contributed by atoms with Crippen molar-refractivity contribution >= 4 is 23.7 Å². The molecular formula is C34H36FN3O5. The molecule has 2 atom stereocenters. The van der Waals surface area contributed by atoms with E-state index in [9.17, 15) is 23.9 Å². The Bertz CT molecular complexity index is 1470. The van der Waals surface area contributed by atoms with Gasteiger partial charge in [0.2, 0.25) is 11.8 Å². The number of aliphatic carboxylic acids is 1. The third-order valence-corrected chi connectivity index (χ3v) is 9.06. The van der Waals surface area contributed by atoms with Crippen molar-refractivity contribution in [3.05, 3.63) is 94.8 Å². The summed E-state index contributed by atoms with van der Waals surface area (Å²) in [6.07, 6.45) is 8.77. The Balaban J connectivity index is 1.15. The molecule has 224 valence electrons. The first-order chi connectivity index (χ1) is 20.8. The summed E-state index contributed by atoms with van der Waals surface area (Å²) < 4.78 is 20.1. The summed E-state index contributed by atoms with van der Waals surface area (Å²) in [5.41, 5.74) is 2.49. The number of carboxylic acid groups (broad SMARTS) is 1. The van der Waals surface area contributed by atoms with E-state index in [-0.39, 0.29) is 36.8 Å². The average molecular weight is 586 g/mol. The molecule has 8 nitrogen and oxygen atoms in total. The van der Waals surface area contributed by atoms with Crippen molar-refractivity contribution in [1.29, 1.82) is 0 Å². The number of carbonyl (C=O) groups excluding carboxylic acids is 2. The maximum Gasteiger partial charge on any atom is 0.309 e. The van der Waals surface area contributed by atoms with Gasteiger partial charge in [-0.3, -0.25) is 14.4 Å². The number of carbonyl (C=O) groups is 3. The summed E-state index contributed by atoms with van der Waals surface area (Å²) in [6.45, 7) is 0.193. The Hall–Kier alpha value is -4.27. The lowest BCUT2D eigenvalue weighted by Crippen LogP contribution is -2.40. The molecule has 2 N–H and O–H groups in total. The fraction of sp³-hybridized carbons (Fsp3) is 0.412. The molecule has 1 aliphatic heterocycles. The molecule has 43 heavy (non-hydrogen) atoms. The predicted octanol–water partition coefficient (Wildman–Crippen LogP) is 5.60. The number of hydrogen-bond donors (Lipinski definition) is 2. The Morgan fingerprint density at radius 3 is 2.49 bits per heavy atom. The monoisotopic (exact) mass is 585 g/mol. The molecule has 2 aromatic carbocycles. The highest BCUT2D eigenvalue weighted by Gasteiger charge is 2.50. The largest absolute Gasteiger partial charge is 0.481 e. The van der Waals surface area contributed by atoms with E-state index in [1.54, 1.807) is 0 Å². The zero-order valence-corrected chi connectivity index (χ0v) is 24.0. The van der Waals surface area contributed by atoms with Crippen molar-refractivity contribution in [2.75, 3.05) is 6.61 Å². The molecule has 0 saturated heterocycles. The zero-order valence-electron chi connectivity index (χ0n) is 24.0. The molecule has 2 fully saturated rings. The minimum Gasteiger partial charge on any atom is -0.481 e. The minimum atomic E-state index is -0.838. The van der Waals surface area contributed by atoms with Crippen molar-refractivity contribution in [1.82, 2.24) is 10.3 Å². The highest BCUT2D eigenvalue weighted by Crippen LogP contribution is 2.51. The van der Waals surface area contributed by atoms with Gasteiger partial charge in [0.25, 0.3) is 5.91 Å². The van der Waals surface area contributed by atoms with Gasteiger partial charge in [0.05, 0.1) is 23.9 Å². The zero-order chi connectivity index (χ0) is 30.0. The number of benzene rings is 2. The Labute approximate surface area is 250 Å². The molecule has 0 spiro atoms. The fourth-order valence-electron chi connectivity index (χ4n) is 6.55. The standard InChI is InChI=1S/C34H36FN3O5/c35-27-16-23(19-34(14-15-34)33(41)42)17-28(18-27)36-31(40)30(24-6-4-5-7-24)25-12-10-22(11-13-25)20-38-29(39)21-43-32(37-38)26-8-2-1-3-9-26/h1-3,8-13,16,18,24,28,30H,4-7,14-15,17,19-21H2,(H,36,40)(H,41,42). The maximum absolute atomic E-state index is 14.6. The highest BCUT2D eigenvalue weighted by atomic mass is 19.1. The van der Waals surface area contributed by atoms with Crippen LogP contribution in [0.3, 0.4) is 0 Å². The van der Waals surface area contributed by atoms with Crippen LogP contribution < -0.4 is 5.32 Å². The van der Waals surface area contributed by atoms with Gasteiger partial charge in [-0.15, -0.1) is 5.10 Å². The number of allylic oxidation sites excluding steroid dienone is 2. The van der Waals surface area contributed by atoms with E-state index in [0.717, 1.165) is 47.9 Å². The van der Waals surface area contributed by atoms with Crippen LogP contribution in [-0.2, 0) is 25.7 Å². The maximum atomic E-state index is 14.6. The lowest BCUT2D eigenvalue weighted by molar-refractivity contribution is -0.143. The van der Waals surface area contributed by atoms with E-state index in [1.165, 1.54) is 17.2 Å². The van der Waals surface area contributed by atoms with Crippen LogP contribution in [0.15, 0.2) is 83.3 Å². The van der Waals surface area contributed by atoms with Gasteiger partial charge in [-0.2, -0.15) is 0 Å². The second kappa shape index (κ2) is 12.1. The number of hydrazone groups is 1. The summed E-state index contributed by atoms with van der Waals surface area (Å²) in [5, 5.41) is 18.5. The smallest absolute Gasteiger partial charge is 0.309 e. The van der Waals surface area contributed by atoms with E-state index in [1.807, 2.05) is 54.6 Å². The predicted molar refractivity (Wildman–Crippen MR) is 158 cm³/mol. The van der Waals surface area contributed by atoms with Crippen LogP contribution in [0.5, 0.6) is 0 Å². The van der Waals surface area contributed by atoms with Gasteiger partial charge in [0.15, 0.2) is 6.61 Å². The van der Waals surface area contributed by atoms with Gasteiger partial charge >= 0.3 is 5.97 Å². The second-order valence-electron chi connectivity index (χ2n) is 12.2. The normalized spacial score (nSPS) is 22.2. The van der Waals surface area contributed by atoms with Gasteiger partial charge < -0.3 is 15.2 Å². The van der Waals surface area contributed by atoms with Gasteiger partial charge in [-0.05, 0) is 79.9 Å². The van der Waals surface area contributed by atoms with Gasteiger partial charge in [-0.25, -0.2) is 9.40 Å². The highest BCUT2D eigenvalue weighted by molar-refractivity contribution is 5.97. The summed E-state index contributed by atoms with van der Waals surface area (Å²) in [6, 6.07) is 16.6. The molecular weight excluding hydrogens is 549 g/mol. The molecule has 3 aliphatic carbocycles. The number of nitrogens with one attached hydrogen (secondary N) is 1. The third kappa shape index (κ3) is 6.55. The summed E-state index contributed by atoms with van der Waals surface area (Å²) in [4.78, 5) is 38.0. The first-order valence-electron chi connectivity index (χ1n) is 15.1. The fourth-order valence-corrected chi connectivity index (χ4v) is 6.55. The molecule has 1 heterocycles. The number of amides is 2. The van der Waals surface area contributed by atoms with E-state index < -0.39 is 23.3 Å². The molecule has 0 bridgehead atoms. The van der Waals surface area contributed by atoms with Crippen molar-refractivity contribution in [2.24, 2.45) is 16.4 Å². The van der Waals surface area contributed by atoms with Crippen LogP contribution in [0, 0.1) is 11.3 Å². The lowest BCUT2D eigenvalue weighted by Gasteiger charge is -2.28. The van der Waals surface area contributed by atoms with E-state index in [2.05, 4.69) is 10.4 Å². The molecule has 4 aliphatic rings. The summed E-state index contributed by atoms with van der Waals surface area (Å²) in [7, 11) is 0. The molecule has 0 radical (unpaired) electrons. The van der Waals surface area contributed by atoms with Gasteiger partial charge in [-0.1, -0.05) is 60.9 Å². The van der Waals surface area contributed by atoms with Crippen LogP contribution in [0.2, 0.25) is 0 Å². The number of hydrogen-bond acceptors (Lipinski definition) is 5. The number of nitrogens with zero attached hydrogens (tertiary/aromatic N) is 2. The Morgan fingerprint density at radius 1 is 1.09 bits per heavy atom. The lowest BCUT2D eigenvalue weighted by atomic mass is 9.83. The molecule has 2 aromatic rings. The van der Waals surface area contributed by atoms with Crippen molar-refractivity contribution in [2.45, 2.75) is 69.9 Å². The average Bonchev–Trinajstić information content (AvgIpc) is 3.58. The van der Waals surface area contributed by atoms with Crippen molar-refractivity contribution < 1.29 is 28.6 Å². The van der Waals surface area contributed by atoms with E-state index in [0.29, 0.717) is 31.6 Å². The van der Waals surface area contributed by atoms with Crippen LogP contribution in [0.1, 0.15) is 74.0 Å². The third-order valence-electron chi connectivity index (χ3n) is 9.06. The molecule has 0 aromatic heterocycles. The number of rotatable bonds is 10. The second-order valence-corrected chi connectivity index (χ2v) is 12.2. The van der Waals surface area contributed by atoms with Gasteiger partial charge in [0, 0.05) is 5.56 Å². The number of halogens is 1. The summed E-state index contributed by atoms with van der Waals surface area (Å²) >= 11 is 0. The SMILES string of the molecule is O=C(NC1C=C(F)C=C(CC2(C(=O)O)CC2)C1)C(c1ccc(CN2N=C(c3ccccc3)OCC2=O)cc1)C1CCCC1. The van der Waals surface area contributed by atoms with Crippen LogP contribution in [0.4, 0.5) is 4.39 Å². The first-order valence-corrected chi connectivity index (χ1v) is 15.1.